The quantitative estimate of drug-likeness (QED) is 0.705. The highest BCUT2D eigenvalue weighted by Gasteiger charge is 2.16. The molecule has 0 aliphatic heterocycles. The van der Waals surface area contributed by atoms with Gasteiger partial charge in [-0.05, 0) is 36.8 Å². The summed E-state index contributed by atoms with van der Waals surface area (Å²) in [5.74, 6) is 0.626. The zero-order valence-corrected chi connectivity index (χ0v) is 16.0. The molecule has 2 aromatic carbocycles. The molecule has 0 atom stereocenters. The van der Waals surface area contributed by atoms with Gasteiger partial charge in [0.2, 0.25) is 5.95 Å². The van der Waals surface area contributed by atoms with Gasteiger partial charge in [0.15, 0.2) is 0 Å². The summed E-state index contributed by atoms with van der Waals surface area (Å²) in [6.45, 7) is 1.89. The number of methoxy groups -OCH3 is 1. The first-order chi connectivity index (χ1) is 13.0. The smallest absolute Gasteiger partial charge is 0.276 e. The number of aromatic nitrogens is 2. The van der Waals surface area contributed by atoms with Gasteiger partial charge in [0.05, 0.1) is 12.8 Å². The molecule has 1 aromatic heterocycles. The van der Waals surface area contributed by atoms with Crippen LogP contribution in [0.1, 0.15) is 16.1 Å². The lowest BCUT2D eigenvalue weighted by molar-refractivity contribution is 0.0988. The van der Waals surface area contributed by atoms with Crippen molar-refractivity contribution in [3.05, 3.63) is 71.0 Å². The topological polar surface area (TPSA) is 67.3 Å². The molecule has 7 heteroatoms. The van der Waals surface area contributed by atoms with Crippen LogP contribution in [0.2, 0.25) is 5.02 Å². The van der Waals surface area contributed by atoms with Crippen LogP contribution in [0.4, 0.5) is 17.3 Å². The first-order valence-corrected chi connectivity index (χ1v) is 8.64. The molecule has 3 rings (SSSR count). The van der Waals surface area contributed by atoms with Crippen LogP contribution in [0.15, 0.2) is 54.7 Å². The Balaban J connectivity index is 1.86. The number of rotatable bonds is 5. The Bertz CT molecular complexity index is 963. The molecule has 1 amide bonds. The maximum absolute atomic E-state index is 12.7. The number of carbonyl (C=O) groups excluding carboxylic acids is 1. The average Bonchev–Trinajstić information content (AvgIpc) is 2.70. The molecule has 1 heterocycles. The van der Waals surface area contributed by atoms with Crippen LogP contribution in [0.5, 0.6) is 5.75 Å². The van der Waals surface area contributed by atoms with Crippen molar-refractivity contribution in [1.82, 2.24) is 9.97 Å². The summed E-state index contributed by atoms with van der Waals surface area (Å²) in [5, 5.41) is 3.69. The SMILES string of the molecule is COc1cc(Cl)c(C)cc1Nc1nccc(C(=O)N(C)c2ccccc2)n1. The lowest BCUT2D eigenvalue weighted by Gasteiger charge is -2.17. The van der Waals surface area contributed by atoms with Gasteiger partial charge < -0.3 is 15.0 Å². The van der Waals surface area contributed by atoms with Gasteiger partial charge >= 0.3 is 0 Å². The number of anilines is 3. The minimum Gasteiger partial charge on any atom is -0.495 e. The van der Waals surface area contributed by atoms with Crippen LogP contribution in [0.25, 0.3) is 0 Å². The number of amides is 1. The molecule has 0 unspecified atom stereocenters. The predicted octanol–water partition coefficient (Wildman–Crippen LogP) is 4.47. The highest BCUT2D eigenvalue weighted by Crippen LogP contribution is 2.32. The van der Waals surface area contributed by atoms with Crippen LogP contribution >= 0.6 is 11.6 Å². The second-order valence-corrected chi connectivity index (χ2v) is 6.30. The maximum Gasteiger partial charge on any atom is 0.276 e. The van der Waals surface area contributed by atoms with Crippen molar-refractivity contribution in [3.8, 4) is 5.75 Å². The van der Waals surface area contributed by atoms with Crippen molar-refractivity contribution in [2.24, 2.45) is 0 Å². The van der Waals surface area contributed by atoms with Crippen molar-refractivity contribution >= 4 is 34.8 Å². The Morgan fingerprint density at radius 1 is 1.19 bits per heavy atom. The summed E-state index contributed by atoms with van der Waals surface area (Å²) >= 11 is 6.14. The Morgan fingerprint density at radius 3 is 2.63 bits per heavy atom. The average molecular weight is 383 g/mol. The van der Waals surface area contributed by atoms with Crippen LogP contribution in [-0.4, -0.2) is 30.0 Å². The van der Waals surface area contributed by atoms with Crippen LogP contribution < -0.4 is 15.0 Å². The molecule has 0 aliphatic rings. The fourth-order valence-corrected chi connectivity index (χ4v) is 2.68. The minimum atomic E-state index is -0.231. The molecule has 0 aliphatic carbocycles. The van der Waals surface area contributed by atoms with Crippen LogP contribution in [0, 0.1) is 6.92 Å². The summed E-state index contributed by atoms with van der Waals surface area (Å²) < 4.78 is 5.35. The van der Waals surface area contributed by atoms with Gasteiger partial charge in [0.25, 0.3) is 5.91 Å². The molecule has 0 fully saturated rings. The molecule has 0 bridgehead atoms. The highest BCUT2D eigenvalue weighted by atomic mass is 35.5. The van der Waals surface area contributed by atoms with Gasteiger partial charge in [-0.25, -0.2) is 9.97 Å². The van der Waals surface area contributed by atoms with Gasteiger partial charge in [-0.1, -0.05) is 29.8 Å². The maximum atomic E-state index is 12.7. The van der Waals surface area contributed by atoms with E-state index >= 15 is 0 Å². The molecule has 3 aromatic rings. The number of hydrogen-bond acceptors (Lipinski definition) is 5. The first kappa shape index (κ1) is 18.7. The zero-order chi connectivity index (χ0) is 19.4. The molecule has 1 N–H and O–H groups in total. The van der Waals surface area contributed by atoms with Crippen LogP contribution in [0.3, 0.4) is 0 Å². The summed E-state index contributed by atoms with van der Waals surface area (Å²) in [6.07, 6.45) is 1.54. The number of nitrogens with zero attached hydrogens (tertiary/aromatic N) is 3. The number of hydrogen-bond donors (Lipinski definition) is 1. The highest BCUT2D eigenvalue weighted by molar-refractivity contribution is 6.31. The summed E-state index contributed by atoms with van der Waals surface area (Å²) in [4.78, 5) is 22.8. The van der Waals surface area contributed by atoms with Gasteiger partial charge in [0.1, 0.15) is 11.4 Å². The van der Waals surface area contributed by atoms with Gasteiger partial charge in [-0.3, -0.25) is 4.79 Å². The lowest BCUT2D eigenvalue weighted by atomic mass is 10.2. The zero-order valence-electron chi connectivity index (χ0n) is 15.2. The largest absolute Gasteiger partial charge is 0.495 e. The second kappa shape index (κ2) is 8.05. The molecule has 138 valence electrons. The predicted molar refractivity (Wildman–Crippen MR) is 107 cm³/mol. The molecule has 6 nitrogen and oxygen atoms in total. The monoisotopic (exact) mass is 382 g/mol. The standard InChI is InChI=1S/C20H19ClN4O2/c1-13-11-17(18(27-3)12-15(13)21)24-20-22-10-9-16(23-20)19(26)25(2)14-7-5-4-6-8-14/h4-12H,1-3H3,(H,22,23,24). The third-order valence-corrected chi connectivity index (χ3v) is 4.46. The van der Waals surface area contributed by atoms with E-state index in [-0.39, 0.29) is 11.6 Å². The summed E-state index contributed by atoms with van der Waals surface area (Å²) in [5.41, 5.74) is 2.62. The van der Waals surface area contributed by atoms with E-state index in [2.05, 4.69) is 15.3 Å². The number of nitrogens with one attached hydrogen (secondary N) is 1. The Kier molecular flexibility index (Phi) is 5.57. The molecule has 0 saturated heterocycles. The van der Waals surface area contributed by atoms with Crippen molar-refractivity contribution in [2.45, 2.75) is 6.92 Å². The summed E-state index contributed by atoms with van der Waals surface area (Å²) in [6, 6.07) is 14.5. The molecule has 0 spiro atoms. The fourth-order valence-electron chi connectivity index (χ4n) is 2.53. The van der Waals surface area contributed by atoms with E-state index in [1.807, 2.05) is 43.3 Å². The van der Waals surface area contributed by atoms with Gasteiger partial charge in [-0.2, -0.15) is 0 Å². The Morgan fingerprint density at radius 2 is 1.93 bits per heavy atom. The third kappa shape index (κ3) is 4.17. The van der Waals surface area contributed by atoms with E-state index in [9.17, 15) is 4.79 Å². The van der Waals surface area contributed by atoms with Crippen molar-refractivity contribution in [2.75, 3.05) is 24.4 Å². The number of benzene rings is 2. The molecular weight excluding hydrogens is 364 g/mol. The van der Waals surface area contributed by atoms with E-state index in [4.69, 9.17) is 16.3 Å². The van der Waals surface area contributed by atoms with E-state index < -0.39 is 0 Å². The molecular formula is C20H19ClN4O2. The van der Waals surface area contributed by atoms with E-state index in [1.54, 1.807) is 31.2 Å². The van der Waals surface area contributed by atoms with Gasteiger partial charge in [-0.15, -0.1) is 0 Å². The number of aryl methyl sites for hydroxylation is 1. The number of halogens is 1. The first-order valence-electron chi connectivity index (χ1n) is 8.27. The Labute approximate surface area is 162 Å². The molecule has 0 saturated carbocycles. The van der Waals surface area contributed by atoms with E-state index in [1.165, 1.54) is 6.20 Å². The molecule has 0 radical (unpaired) electrons. The summed E-state index contributed by atoms with van der Waals surface area (Å²) in [7, 11) is 3.26. The lowest BCUT2D eigenvalue weighted by Crippen LogP contribution is -2.27. The minimum absolute atomic E-state index is 0.231. The van der Waals surface area contributed by atoms with Crippen LogP contribution in [-0.2, 0) is 0 Å². The number of carbonyl (C=O) groups is 1. The van der Waals surface area contributed by atoms with E-state index in [0.717, 1.165) is 11.3 Å². The third-order valence-electron chi connectivity index (χ3n) is 4.05. The van der Waals surface area contributed by atoms with E-state index in [0.29, 0.717) is 22.4 Å². The second-order valence-electron chi connectivity index (χ2n) is 5.89. The van der Waals surface area contributed by atoms with Crippen molar-refractivity contribution in [1.29, 1.82) is 0 Å². The number of para-hydroxylation sites is 1. The number of ether oxygens (including phenoxy) is 1. The normalized spacial score (nSPS) is 10.4. The molecule has 27 heavy (non-hydrogen) atoms. The van der Waals surface area contributed by atoms with Crippen molar-refractivity contribution in [3.63, 3.8) is 0 Å². The van der Waals surface area contributed by atoms with Crippen molar-refractivity contribution < 1.29 is 9.53 Å². The Hall–Kier alpha value is -3.12. The van der Waals surface area contributed by atoms with Gasteiger partial charge in [0, 0.05) is 30.0 Å². The fraction of sp³-hybridized carbons (Fsp3) is 0.150.